The second-order valence-corrected chi connectivity index (χ2v) is 4.48. The van der Waals surface area contributed by atoms with Crippen molar-refractivity contribution in [2.75, 3.05) is 20.8 Å². The highest BCUT2D eigenvalue weighted by molar-refractivity contribution is 5.94. The molecule has 0 radical (unpaired) electrons. The lowest BCUT2D eigenvalue weighted by Crippen LogP contribution is -2.30. The minimum Gasteiger partial charge on any atom is -0.497 e. The molecule has 1 aromatic carbocycles. The van der Waals surface area contributed by atoms with Gasteiger partial charge in [0.05, 0.1) is 14.2 Å². The average Bonchev–Trinajstić information content (AvgIpc) is 3.27. The van der Waals surface area contributed by atoms with Gasteiger partial charge < -0.3 is 19.5 Å². The Labute approximate surface area is 117 Å². The fourth-order valence-electron chi connectivity index (χ4n) is 1.67. The van der Waals surface area contributed by atoms with E-state index in [1.165, 1.54) is 14.2 Å². The van der Waals surface area contributed by atoms with Gasteiger partial charge in [-0.05, 0) is 25.0 Å². The van der Waals surface area contributed by atoms with E-state index in [4.69, 9.17) is 14.2 Å². The Morgan fingerprint density at radius 2 is 2.00 bits per heavy atom. The lowest BCUT2D eigenvalue weighted by atomic mass is 10.2. The van der Waals surface area contributed by atoms with Crippen LogP contribution >= 0.6 is 0 Å². The van der Waals surface area contributed by atoms with Crippen molar-refractivity contribution in [1.29, 1.82) is 0 Å². The second kappa shape index (κ2) is 6.27. The topological polar surface area (TPSA) is 73.9 Å². The van der Waals surface area contributed by atoms with Gasteiger partial charge in [0, 0.05) is 12.1 Å². The van der Waals surface area contributed by atoms with E-state index >= 15 is 0 Å². The number of carbonyl (C=O) groups is 2. The maximum absolute atomic E-state index is 11.9. The molecular formula is C14H17NO5. The summed E-state index contributed by atoms with van der Waals surface area (Å²) in [6, 6.07) is 5.00. The highest BCUT2D eigenvalue weighted by Crippen LogP contribution is 2.25. The van der Waals surface area contributed by atoms with Gasteiger partial charge in [-0.15, -0.1) is 0 Å². The van der Waals surface area contributed by atoms with Crippen molar-refractivity contribution >= 4 is 11.9 Å². The predicted molar refractivity (Wildman–Crippen MR) is 71.0 cm³/mol. The number of amides is 1. The Morgan fingerprint density at radius 3 is 2.60 bits per heavy atom. The van der Waals surface area contributed by atoms with Gasteiger partial charge in [0.2, 0.25) is 0 Å². The summed E-state index contributed by atoms with van der Waals surface area (Å²) >= 11 is 0. The minimum atomic E-state index is -0.601. The molecule has 0 atom stereocenters. The van der Waals surface area contributed by atoms with Crippen LogP contribution in [0.5, 0.6) is 11.5 Å². The smallest absolute Gasteiger partial charge is 0.342 e. The van der Waals surface area contributed by atoms with Gasteiger partial charge in [0.25, 0.3) is 5.91 Å². The predicted octanol–water partition coefficient (Wildman–Crippen LogP) is 1.14. The number of methoxy groups -OCH3 is 2. The van der Waals surface area contributed by atoms with E-state index in [1.54, 1.807) is 18.2 Å². The van der Waals surface area contributed by atoms with E-state index in [0.29, 0.717) is 11.5 Å². The Morgan fingerprint density at radius 1 is 1.25 bits per heavy atom. The maximum Gasteiger partial charge on any atom is 0.342 e. The van der Waals surface area contributed by atoms with Crippen LogP contribution in [0.3, 0.4) is 0 Å². The molecule has 6 heteroatoms. The number of hydrogen-bond acceptors (Lipinski definition) is 5. The molecule has 1 aliphatic rings. The Kier molecular flexibility index (Phi) is 4.45. The maximum atomic E-state index is 11.9. The zero-order valence-corrected chi connectivity index (χ0v) is 11.5. The number of esters is 1. The molecule has 2 rings (SSSR count). The van der Waals surface area contributed by atoms with Crippen molar-refractivity contribution in [3.05, 3.63) is 23.8 Å². The first-order chi connectivity index (χ1) is 9.63. The lowest BCUT2D eigenvalue weighted by molar-refractivity contribution is -0.124. The van der Waals surface area contributed by atoms with Crippen molar-refractivity contribution in [3.8, 4) is 11.5 Å². The molecular weight excluding hydrogens is 262 g/mol. The number of rotatable bonds is 6. The summed E-state index contributed by atoms with van der Waals surface area (Å²) < 4.78 is 15.1. The molecule has 0 aromatic heterocycles. The minimum absolute atomic E-state index is 0.247. The van der Waals surface area contributed by atoms with E-state index in [2.05, 4.69) is 5.32 Å². The van der Waals surface area contributed by atoms with Crippen molar-refractivity contribution in [1.82, 2.24) is 5.32 Å². The van der Waals surface area contributed by atoms with Crippen LogP contribution in [0.25, 0.3) is 0 Å². The number of hydrogen-bond donors (Lipinski definition) is 1. The number of ether oxygens (including phenoxy) is 3. The first-order valence-electron chi connectivity index (χ1n) is 6.32. The summed E-state index contributed by atoms with van der Waals surface area (Å²) in [6.45, 7) is -0.287. The van der Waals surface area contributed by atoms with Gasteiger partial charge in [-0.1, -0.05) is 0 Å². The fraction of sp³-hybridized carbons (Fsp3) is 0.429. The van der Waals surface area contributed by atoms with Crippen molar-refractivity contribution in [2.24, 2.45) is 0 Å². The first kappa shape index (κ1) is 14.2. The van der Waals surface area contributed by atoms with Gasteiger partial charge in [0.15, 0.2) is 6.61 Å². The Hall–Kier alpha value is -2.24. The van der Waals surface area contributed by atoms with Gasteiger partial charge in [-0.2, -0.15) is 0 Å². The lowest BCUT2D eigenvalue weighted by Gasteiger charge is -2.10. The van der Waals surface area contributed by atoms with Crippen LogP contribution in [-0.2, 0) is 9.53 Å². The number of nitrogens with one attached hydrogen (secondary N) is 1. The largest absolute Gasteiger partial charge is 0.497 e. The monoisotopic (exact) mass is 279 g/mol. The van der Waals surface area contributed by atoms with Crippen molar-refractivity contribution in [2.45, 2.75) is 18.9 Å². The normalized spacial score (nSPS) is 13.5. The summed E-state index contributed by atoms with van der Waals surface area (Å²) in [7, 11) is 2.97. The van der Waals surface area contributed by atoms with Crippen LogP contribution in [0.1, 0.15) is 23.2 Å². The molecule has 0 heterocycles. The molecule has 1 amide bonds. The summed E-state index contributed by atoms with van der Waals surface area (Å²) in [6.07, 6.45) is 1.98. The van der Waals surface area contributed by atoms with Crippen LogP contribution in [0.2, 0.25) is 0 Å². The summed E-state index contributed by atoms with van der Waals surface area (Å²) in [5.74, 6) is 0.0330. The third kappa shape index (κ3) is 3.63. The molecule has 0 aliphatic heterocycles. The van der Waals surface area contributed by atoms with Crippen molar-refractivity contribution < 1.29 is 23.8 Å². The molecule has 1 saturated carbocycles. The van der Waals surface area contributed by atoms with Crippen molar-refractivity contribution in [3.63, 3.8) is 0 Å². The van der Waals surface area contributed by atoms with E-state index in [1.807, 2.05) is 0 Å². The Balaban J connectivity index is 1.95. The van der Waals surface area contributed by atoms with Gasteiger partial charge in [-0.3, -0.25) is 4.79 Å². The molecule has 108 valence electrons. The van der Waals surface area contributed by atoms with Gasteiger partial charge >= 0.3 is 5.97 Å². The number of carbonyl (C=O) groups excluding carboxylic acids is 2. The molecule has 0 bridgehead atoms. The molecule has 20 heavy (non-hydrogen) atoms. The molecule has 1 aliphatic carbocycles. The van der Waals surface area contributed by atoms with Crippen LogP contribution in [-0.4, -0.2) is 38.7 Å². The summed E-state index contributed by atoms with van der Waals surface area (Å²) in [4.78, 5) is 23.4. The van der Waals surface area contributed by atoms with E-state index in [-0.39, 0.29) is 24.1 Å². The Bertz CT molecular complexity index is 510. The second-order valence-electron chi connectivity index (χ2n) is 4.48. The molecule has 1 fully saturated rings. The van der Waals surface area contributed by atoms with Gasteiger partial charge in [-0.25, -0.2) is 4.79 Å². The quantitative estimate of drug-likeness (QED) is 0.790. The van der Waals surface area contributed by atoms with Crippen LogP contribution in [0.15, 0.2) is 18.2 Å². The third-order valence-corrected chi connectivity index (χ3v) is 2.91. The third-order valence-electron chi connectivity index (χ3n) is 2.91. The summed E-state index contributed by atoms with van der Waals surface area (Å²) in [5, 5.41) is 2.74. The van der Waals surface area contributed by atoms with E-state index < -0.39 is 5.97 Å². The van der Waals surface area contributed by atoms with Crippen LogP contribution in [0, 0.1) is 0 Å². The first-order valence-corrected chi connectivity index (χ1v) is 6.32. The highest BCUT2D eigenvalue weighted by Gasteiger charge is 2.24. The molecule has 0 unspecified atom stereocenters. The number of benzene rings is 1. The van der Waals surface area contributed by atoms with Gasteiger partial charge in [0.1, 0.15) is 17.1 Å². The van der Waals surface area contributed by atoms with E-state index in [0.717, 1.165) is 12.8 Å². The van der Waals surface area contributed by atoms with Crippen LogP contribution < -0.4 is 14.8 Å². The molecule has 1 aromatic rings. The van der Waals surface area contributed by atoms with Crippen LogP contribution in [0.4, 0.5) is 0 Å². The molecule has 1 N–H and O–H groups in total. The molecule has 6 nitrogen and oxygen atoms in total. The highest BCUT2D eigenvalue weighted by atomic mass is 16.5. The zero-order valence-electron chi connectivity index (χ0n) is 11.5. The standard InChI is InChI=1S/C14H17NO5/c1-18-10-5-6-11(12(7-10)19-2)14(17)20-8-13(16)15-9-3-4-9/h5-7,9H,3-4,8H2,1-2H3,(H,15,16). The SMILES string of the molecule is COc1ccc(C(=O)OCC(=O)NC2CC2)c(OC)c1. The molecule has 0 spiro atoms. The fourth-order valence-corrected chi connectivity index (χ4v) is 1.67. The molecule has 0 saturated heterocycles. The van der Waals surface area contributed by atoms with E-state index in [9.17, 15) is 9.59 Å². The summed E-state index contributed by atoms with van der Waals surface area (Å²) in [5.41, 5.74) is 0.257. The average molecular weight is 279 g/mol. The zero-order chi connectivity index (χ0) is 14.5.